The highest BCUT2D eigenvalue weighted by Gasteiger charge is 2.59. The van der Waals surface area contributed by atoms with Crippen LogP contribution < -0.4 is 10.7 Å². The maximum atomic E-state index is 14.8. The molecule has 6 nitrogen and oxygen atoms in total. The topological polar surface area (TPSA) is 106 Å². The third-order valence-corrected chi connectivity index (χ3v) is 7.65. The number of nitrogens with zero attached hydrogens (tertiary/aromatic N) is 4. The molecule has 42 heavy (non-hydrogen) atoms. The van der Waals surface area contributed by atoms with Crippen molar-refractivity contribution in [2.75, 3.05) is 5.01 Å². The average molecular weight is 568 g/mol. The molecule has 1 spiro atoms. The Morgan fingerprint density at radius 2 is 1.36 bits per heavy atom. The summed E-state index contributed by atoms with van der Waals surface area (Å²) in [6.07, 6.45) is 1.95. The molecule has 4 aromatic carbocycles. The molecule has 0 bridgehead atoms. The number of nitriles is 2. The summed E-state index contributed by atoms with van der Waals surface area (Å²) in [7, 11) is 0. The zero-order valence-corrected chi connectivity index (χ0v) is 23.5. The molecule has 1 heterocycles. The summed E-state index contributed by atoms with van der Waals surface area (Å²) >= 11 is 6.63. The lowest BCUT2D eigenvalue weighted by Crippen LogP contribution is -2.47. The zero-order valence-electron chi connectivity index (χ0n) is 22.8. The highest BCUT2D eigenvalue weighted by molar-refractivity contribution is 6.34. The minimum atomic E-state index is -1.53. The Hall–Kier alpha value is -5.43. The number of hydrogen-bond acceptors (Lipinski definition) is 5. The fraction of sp³-hybridized carbons (Fsp3) is 0.0857. The molecular formula is C35H26ClN5O. The van der Waals surface area contributed by atoms with Crippen molar-refractivity contribution in [3.63, 3.8) is 0 Å². The number of benzene rings is 4. The van der Waals surface area contributed by atoms with E-state index in [1.165, 1.54) is 11.9 Å². The van der Waals surface area contributed by atoms with Crippen molar-refractivity contribution >= 4 is 34.5 Å². The number of carbonyl (C=O) groups excluding carboxylic acids is 1. The molecule has 204 valence electrons. The Kier molecular flexibility index (Phi) is 8.02. The molecule has 2 aliphatic rings. The van der Waals surface area contributed by atoms with Gasteiger partial charge < -0.3 is 5.73 Å². The van der Waals surface area contributed by atoms with Crippen molar-refractivity contribution in [2.24, 2.45) is 16.3 Å². The standard InChI is InChI=1S/C33H23ClN4O.C2H3N/c34-29-19-11-10-18-25(29)26-20-28(22-12-4-1-5-13-22)33(30(36)27(26)21-35)31(23-14-6-2-7-15-23)37-38(32(33)39)24-16-8-3-9-17-24;1-2-3/h1-20,26H,36H2;1H3/t26-,33+;/m1./s1. The largest absolute Gasteiger partial charge is 0.400 e. The number of allylic oxidation sites excluding steroid dienone is 2. The molecule has 2 atom stereocenters. The van der Waals surface area contributed by atoms with E-state index in [-0.39, 0.29) is 17.2 Å². The number of rotatable bonds is 4. The molecule has 7 heteroatoms. The number of carbonyl (C=O) groups is 1. The lowest BCUT2D eigenvalue weighted by Gasteiger charge is -2.38. The quantitative estimate of drug-likeness (QED) is 0.281. The Morgan fingerprint density at radius 1 is 0.833 bits per heavy atom. The fourth-order valence-corrected chi connectivity index (χ4v) is 5.76. The smallest absolute Gasteiger partial charge is 0.270 e. The van der Waals surface area contributed by atoms with Crippen molar-refractivity contribution < 1.29 is 4.79 Å². The number of hydrazone groups is 1. The van der Waals surface area contributed by atoms with Gasteiger partial charge in [-0.2, -0.15) is 20.6 Å². The van der Waals surface area contributed by atoms with E-state index in [1.54, 1.807) is 12.1 Å². The third kappa shape index (κ3) is 4.65. The van der Waals surface area contributed by atoms with Crippen LogP contribution in [0.15, 0.2) is 138 Å². The van der Waals surface area contributed by atoms with Crippen molar-refractivity contribution in [3.05, 3.63) is 154 Å². The van der Waals surface area contributed by atoms with Crippen LogP contribution in [-0.4, -0.2) is 11.6 Å². The molecule has 1 amide bonds. The third-order valence-electron chi connectivity index (χ3n) is 7.30. The Labute approximate surface area is 249 Å². The number of nitrogens with two attached hydrogens (primary N) is 1. The van der Waals surface area contributed by atoms with E-state index in [0.29, 0.717) is 22.0 Å². The van der Waals surface area contributed by atoms with Crippen LogP contribution >= 0.6 is 11.6 Å². The molecule has 0 saturated heterocycles. The van der Waals surface area contributed by atoms with Gasteiger partial charge in [-0.15, -0.1) is 0 Å². The van der Waals surface area contributed by atoms with Crippen LogP contribution in [0, 0.1) is 28.1 Å². The van der Waals surface area contributed by atoms with Crippen LogP contribution in [-0.2, 0) is 4.79 Å². The van der Waals surface area contributed by atoms with E-state index in [9.17, 15) is 10.1 Å². The SMILES string of the molecule is CC#N.N#CC1=C(N)[C@@]2(C(=O)N(c3ccccc3)N=C2c2ccccc2)C(c2ccccc2)=C[C@@H]1c1ccccc1Cl. The summed E-state index contributed by atoms with van der Waals surface area (Å²) in [6.45, 7) is 1.43. The van der Waals surface area contributed by atoms with Gasteiger partial charge in [0.05, 0.1) is 29.1 Å². The van der Waals surface area contributed by atoms with Gasteiger partial charge in [0.1, 0.15) is 0 Å². The van der Waals surface area contributed by atoms with Gasteiger partial charge in [-0.3, -0.25) is 4.79 Å². The van der Waals surface area contributed by atoms with Gasteiger partial charge in [-0.25, -0.2) is 0 Å². The summed E-state index contributed by atoms with van der Waals surface area (Å²) in [5.74, 6) is -0.884. The Balaban J connectivity index is 0.00000113. The Morgan fingerprint density at radius 3 is 1.93 bits per heavy atom. The number of halogens is 1. The van der Waals surface area contributed by atoms with Gasteiger partial charge in [-0.1, -0.05) is 115 Å². The van der Waals surface area contributed by atoms with Crippen LogP contribution in [0.4, 0.5) is 5.69 Å². The fourth-order valence-electron chi connectivity index (χ4n) is 5.50. The maximum absolute atomic E-state index is 14.8. The first-order chi connectivity index (χ1) is 20.5. The van der Waals surface area contributed by atoms with Gasteiger partial charge >= 0.3 is 0 Å². The number of anilines is 1. The highest BCUT2D eigenvalue weighted by Crippen LogP contribution is 2.55. The van der Waals surface area contributed by atoms with Crippen molar-refractivity contribution in [3.8, 4) is 12.1 Å². The first-order valence-corrected chi connectivity index (χ1v) is 13.6. The van der Waals surface area contributed by atoms with E-state index < -0.39 is 11.3 Å². The van der Waals surface area contributed by atoms with Crippen molar-refractivity contribution in [1.29, 1.82) is 10.5 Å². The lowest BCUT2D eigenvalue weighted by molar-refractivity contribution is -0.120. The Bertz CT molecular complexity index is 1800. The second kappa shape index (κ2) is 12.0. The number of hydrogen-bond donors (Lipinski definition) is 1. The molecule has 0 aromatic heterocycles. The highest BCUT2D eigenvalue weighted by atomic mass is 35.5. The van der Waals surface area contributed by atoms with Crippen LogP contribution in [0.2, 0.25) is 5.02 Å². The first kappa shape index (κ1) is 28.1. The average Bonchev–Trinajstić information content (AvgIpc) is 3.33. The van der Waals surface area contributed by atoms with E-state index >= 15 is 0 Å². The second-order valence-electron chi connectivity index (χ2n) is 9.63. The molecule has 0 fully saturated rings. The summed E-state index contributed by atoms with van der Waals surface area (Å²) in [5.41, 5.74) is 9.97. The number of amides is 1. The second-order valence-corrected chi connectivity index (χ2v) is 10.0. The molecule has 0 radical (unpaired) electrons. The zero-order chi connectivity index (χ0) is 29.7. The van der Waals surface area contributed by atoms with E-state index in [4.69, 9.17) is 27.7 Å². The predicted molar refractivity (Wildman–Crippen MR) is 166 cm³/mol. The summed E-state index contributed by atoms with van der Waals surface area (Å²) < 4.78 is 0. The van der Waals surface area contributed by atoms with Gasteiger partial charge in [-0.05, 0) is 40.5 Å². The molecule has 1 aliphatic heterocycles. The van der Waals surface area contributed by atoms with Gasteiger partial charge in [0.2, 0.25) is 0 Å². The van der Waals surface area contributed by atoms with E-state index in [0.717, 1.165) is 16.7 Å². The first-order valence-electron chi connectivity index (χ1n) is 13.3. The number of para-hydroxylation sites is 1. The van der Waals surface area contributed by atoms with Crippen molar-refractivity contribution in [2.45, 2.75) is 12.8 Å². The maximum Gasteiger partial charge on any atom is 0.270 e. The van der Waals surface area contributed by atoms with Crippen LogP contribution in [0.5, 0.6) is 0 Å². The molecular weight excluding hydrogens is 542 g/mol. The minimum Gasteiger partial charge on any atom is -0.400 e. The molecule has 1 aliphatic carbocycles. The molecule has 2 N–H and O–H groups in total. The molecule has 4 aromatic rings. The lowest BCUT2D eigenvalue weighted by atomic mass is 9.62. The van der Waals surface area contributed by atoms with Gasteiger partial charge in [0, 0.05) is 23.6 Å². The van der Waals surface area contributed by atoms with Gasteiger partial charge in [0.25, 0.3) is 5.91 Å². The monoisotopic (exact) mass is 567 g/mol. The van der Waals surface area contributed by atoms with Crippen LogP contribution in [0.1, 0.15) is 29.5 Å². The van der Waals surface area contributed by atoms with E-state index in [1.807, 2.05) is 115 Å². The molecule has 6 rings (SSSR count). The molecule has 0 saturated carbocycles. The summed E-state index contributed by atoms with van der Waals surface area (Å²) in [5, 5.41) is 24.6. The van der Waals surface area contributed by atoms with Crippen LogP contribution in [0.3, 0.4) is 0 Å². The summed E-state index contributed by atoms with van der Waals surface area (Å²) in [6, 6.07) is 39.9. The molecule has 0 unspecified atom stereocenters. The van der Waals surface area contributed by atoms with Gasteiger partial charge in [0.15, 0.2) is 5.41 Å². The van der Waals surface area contributed by atoms with Crippen molar-refractivity contribution in [1.82, 2.24) is 0 Å². The summed E-state index contributed by atoms with van der Waals surface area (Å²) in [4.78, 5) is 14.8. The van der Waals surface area contributed by atoms with Crippen LogP contribution in [0.25, 0.3) is 5.57 Å². The minimum absolute atomic E-state index is 0.155. The normalized spacial score (nSPS) is 19.3. The van der Waals surface area contributed by atoms with E-state index in [2.05, 4.69) is 6.07 Å². The predicted octanol–water partition coefficient (Wildman–Crippen LogP) is 7.22.